The third-order valence-corrected chi connectivity index (χ3v) is 6.40. The molecule has 0 saturated heterocycles. The molecule has 0 atom stereocenters. The van der Waals surface area contributed by atoms with E-state index in [1.807, 2.05) is 30.3 Å². The van der Waals surface area contributed by atoms with Gasteiger partial charge in [0.05, 0.1) is 42.5 Å². The van der Waals surface area contributed by atoms with Gasteiger partial charge in [-0.1, -0.05) is 23.7 Å². The van der Waals surface area contributed by atoms with Gasteiger partial charge in [-0.05, 0) is 54.1 Å². The normalized spacial score (nSPS) is 11.3. The lowest BCUT2D eigenvalue weighted by molar-refractivity contribution is 0.414. The van der Waals surface area contributed by atoms with Crippen molar-refractivity contribution < 1.29 is 13.9 Å². The molecule has 0 radical (unpaired) electrons. The molecule has 5 rings (SSSR count). The molecule has 0 aliphatic rings. The van der Waals surface area contributed by atoms with Crippen molar-refractivity contribution in [3.63, 3.8) is 0 Å². The monoisotopic (exact) mass is 493 g/mol. The highest BCUT2D eigenvalue weighted by molar-refractivity contribution is 6.30. The molecule has 0 spiro atoms. The van der Waals surface area contributed by atoms with Crippen LogP contribution in [0.25, 0.3) is 27.6 Å². The summed E-state index contributed by atoms with van der Waals surface area (Å²) in [5.41, 5.74) is 1.41. The predicted octanol–water partition coefficient (Wildman–Crippen LogP) is 4.50. The molecule has 2 heterocycles. The minimum absolute atomic E-state index is 0.165. The maximum absolute atomic E-state index is 13.9. The van der Waals surface area contributed by atoms with E-state index in [1.165, 1.54) is 16.7 Å². The van der Waals surface area contributed by atoms with Crippen LogP contribution in [0, 0.1) is 5.82 Å². The molecular weight excluding hydrogens is 473 g/mol. The Morgan fingerprint density at radius 3 is 2.37 bits per heavy atom. The molecule has 0 N–H and O–H groups in total. The molecule has 0 saturated carbocycles. The van der Waals surface area contributed by atoms with Crippen LogP contribution in [0.3, 0.4) is 0 Å². The molecule has 35 heavy (non-hydrogen) atoms. The van der Waals surface area contributed by atoms with Crippen LogP contribution in [0.15, 0.2) is 70.3 Å². The molecule has 3 aromatic carbocycles. The summed E-state index contributed by atoms with van der Waals surface area (Å²) < 4.78 is 28.9. The highest BCUT2D eigenvalue weighted by Crippen LogP contribution is 2.30. The fourth-order valence-electron chi connectivity index (χ4n) is 4.41. The molecule has 9 heteroatoms. The van der Waals surface area contributed by atoms with Gasteiger partial charge in [0.25, 0.3) is 5.56 Å². The van der Waals surface area contributed by atoms with Crippen molar-refractivity contribution in [3.05, 3.63) is 97.9 Å². The van der Waals surface area contributed by atoms with Gasteiger partial charge in [-0.3, -0.25) is 9.36 Å². The Hall–Kier alpha value is -4.04. The maximum Gasteiger partial charge on any atom is 0.336 e. The quantitative estimate of drug-likeness (QED) is 0.361. The van der Waals surface area contributed by atoms with Crippen LogP contribution in [0.1, 0.15) is 5.56 Å². The number of hydrogen-bond donors (Lipinski definition) is 0. The average molecular weight is 494 g/mol. The van der Waals surface area contributed by atoms with Crippen molar-refractivity contribution >= 4 is 33.5 Å². The molecule has 2 aromatic heterocycles. The first kappa shape index (κ1) is 22.7. The van der Waals surface area contributed by atoms with Crippen LogP contribution in [-0.2, 0) is 13.6 Å². The first-order valence-corrected chi connectivity index (χ1v) is 11.1. The molecule has 178 valence electrons. The van der Waals surface area contributed by atoms with Gasteiger partial charge in [-0.25, -0.2) is 13.8 Å². The minimum Gasteiger partial charge on any atom is -0.497 e. The zero-order chi connectivity index (χ0) is 24.9. The van der Waals surface area contributed by atoms with Crippen molar-refractivity contribution in [2.75, 3.05) is 14.2 Å². The van der Waals surface area contributed by atoms with Gasteiger partial charge in [0, 0.05) is 12.4 Å². The summed E-state index contributed by atoms with van der Waals surface area (Å²) in [6.45, 7) is 0.165. The summed E-state index contributed by atoms with van der Waals surface area (Å²) in [5.74, 6) is 0.600. The number of fused-ring (bicyclic) bond motifs is 3. The number of nitrogens with zero attached hydrogens (tertiary/aromatic N) is 3. The van der Waals surface area contributed by atoms with Crippen molar-refractivity contribution in [2.24, 2.45) is 7.05 Å². The Morgan fingerprint density at radius 2 is 1.66 bits per heavy atom. The fraction of sp³-hybridized carbons (Fsp3) is 0.154. The summed E-state index contributed by atoms with van der Waals surface area (Å²) in [6.07, 6.45) is 0. The van der Waals surface area contributed by atoms with Gasteiger partial charge in [-0.2, -0.15) is 0 Å². The average Bonchev–Trinajstić information content (AvgIpc) is 3.16. The van der Waals surface area contributed by atoms with Gasteiger partial charge >= 0.3 is 5.69 Å². The lowest BCUT2D eigenvalue weighted by Crippen LogP contribution is -2.39. The first-order valence-electron chi connectivity index (χ1n) is 10.7. The van der Waals surface area contributed by atoms with E-state index in [0.717, 1.165) is 21.7 Å². The van der Waals surface area contributed by atoms with E-state index in [9.17, 15) is 14.0 Å². The lowest BCUT2D eigenvalue weighted by atomic mass is 10.2. The second-order valence-corrected chi connectivity index (χ2v) is 8.51. The van der Waals surface area contributed by atoms with E-state index in [0.29, 0.717) is 27.9 Å². The van der Waals surface area contributed by atoms with Crippen LogP contribution in [0.5, 0.6) is 11.5 Å². The van der Waals surface area contributed by atoms with Crippen LogP contribution in [0.4, 0.5) is 4.39 Å². The summed E-state index contributed by atoms with van der Waals surface area (Å²) >= 11 is 5.99. The number of benzene rings is 3. The lowest BCUT2D eigenvalue weighted by Gasteiger charge is -2.14. The van der Waals surface area contributed by atoms with E-state index in [2.05, 4.69) is 0 Å². The second-order valence-electron chi connectivity index (χ2n) is 8.10. The van der Waals surface area contributed by atoms with Gasteiger partial charge in [-0.15, -0.1) is 0 Å². The Kier molecular flexibility index (Phi) is 5.61. The first-order chi connectivity index (χ1) is 16.8. The molecule has 0 aliphatic carbocycles. The number of ether oxygens (including phenoxy) is 2. The standard InChI is InChI=1S/C26H21ClFN3O4/c1-29-22-10-8-18(35-3)13-19(22)23-24(29)25(32)31(16-7-9-21(28)20(27)12-16)26(33)30(23)14-15-5-4-6-17(11-15)34-2/h4-13H,14H2,1-3H3. The SMILES string of the molecule is COc1cccc(Cn2c(=O)n(-c3ccc(F)c(Cl)c3)c(=O)c3c2c2cc(OC)ccc2n3C)c1. The number of aromatic nitrogens is 3. The van der Waals surface area contributed by atoms with E-state index in [-0.39, 0.29) is 17.3 Å². The summed E-state index contributed by atoms with van der Waals surface area (Å²) in [7, 11) is 4.89. The van der Waals surface area contributed by atoms with Crippen LogP contribution in [0.2, 0.25) is 5.02 Å². The van der Waals surface area contributed by atoms with Gasteiger partial charge in [0.2, 0.25) is 0 Å². The van der Waals surface area contributed by atoms with Crippen molar-refractivity contribution in [1.29, 1.82) is 0 Å². The Bertz CT molecular complexity index is 1740. The van der Waals surface area contributed by atoms with E-state index >= 15 is 0 Å². The summed E-state index contributed by atoms with van der Waals surface area (Å²) in [6, 6.07) is 16.5. The largest absolute Gasteiger partial charge is 0.497 e. The van der Waals surface area contributed by atoms with Crippen molar-refractivity contribution in [1.82, 2.24) is 13.7 Å². The third-order valence-electron chi connectivity index (χ3n) is 6.11. The fourth-order valence-corrected chi connectivity index (χ4v) is 4.58. The molecule has 5 aromatic rings. The van der Waals surface area contributed by atoms with Gasteiger partial charge in [0.1, 0.15) is 22.8 Å². The van der Waals surface area contributed by atoms with Gasteiger partial charge < -0.3 is 14.0 Å². The van der Waals surface area contributed by atoms with Crippen LogP contribution < -0.4 is 20.7 Å². The van der Waals surface area contributed by atoms with Crippen LogP contribution in [-0.4, -0.2) is 27.9 Å². The minimum atomic E-state index is -0.641. The molecule has 0 fully saturated rings. The topological polar surface area (TPSA) is 67.4 Å². The number of aryl methyl sites for hydroxylation is 1. The zero-order valence-electron chi connectivity index (χ0n) is 19.2. The zero-order valence-corrected chi connectivity index (χ0v) is 20.0. The van der Waals surface area contributed by atoms with Gasteiger partial charge in [0.15, 0.2) is 0 Å². The summed E-state index contributed by atoms with van der Waals surface area (Å²) in [5, 5.41) is 0.512. The van der Waals surface area contributed by atoms with Crippen molar-refractivity contribution in [3.8, 4) is 17.2 Å². The second kappa shape index (κ2) is 8.63. The molecule has 7 nitrogen and oxygen atoms in total. The molecule has 0 amide bonds. The number of rotatable bonds is 5. The number of methoxy groups -OCH3 is 2. The maximum atomic E-state index is 13.9. The van der Waals surface area contributed by atoms with E-state index in [1.54, 1.807) is 38.0 Å². The van der Waals surface area contributed by atoms with Crippen molar-refractivity contribution in [2.45, 2.75) is 6.54 Å². The smallest absolute Gasteiger partial charge is 0.336 e. The van der Waals surface area contributed by atoms with E-state index in [4.69, 9.17) is 21.1 Å². The Balaban J connectivity index is 1.92. The number of hydrogen-bond acceptors (Lipinski definition) is 4. The molecule has 0 unspecified atom stereocenters. The van der Waals surface area contributed by atoms with E-state index < -0.39 is 17.1 Å². The number of halogens is 2. The highest BCUT2D eigenvalue weighted by atomic mass is 35.5. The molecule has 0 aliphatic heterocycles. The Morgan fingerprint density at radius 1 is 0.914 bits per heavy atom. The highest BCUT2D eigenvalue weighted by Gasteiger charge is 2.22. The third kappa shape index (κ3) is 3.66. The molecule has 0 bridgehead atoms. The van der Waals surface area contributed by atoms with Crippen LogP contribution >= 0.6 is 11.6 Å². The predicted molar refractivity (Wildman–Crippen MR) is 134 cm³/mol. The Labute approximate surface area is 204 Å². The summed E-state index contributed by atoms with van der Waals surface area (Å²) in [4.78, 5) is 27.6. The molecular formula is C26H21ClFN3O4.